The molecule has 1 fully saturated rings. The van der Waals surface area contributed by atoms with Crippen LogP contribution < -0.4 is 10.6 Å². The first-order valence-electron chi connectivity index (χ1n) is 8.93. The van der Waals surface area contributed by atoms with E-state index in [0.29, 0.717) is 19.0 Å². The van der Waals surface area contributed by atoms with Crippen molar-refractivity contribution >= 4 is 16.0 Å². The van der Waals surface area contributed by atoms with Gasteiger partial charge in [0.1, 0.15) is 0 Å². The second-order valence-corrected chi connectivity index (χ2v) is 8.36. The topological polar surface area (TPSA) is 91.6 Å². The van der Waals surface area contributed by atoms with Gasteiger partial charge in [-0.3, -0.25) is 9.67 Å². The molecule has 0 bridgehead atoms. The fourth-order valence-corrected chi connectivity index (χ4v) is 3.74. The molecule has 2 rings (SSSR count). The molecule has 0 radical (unpaired) electrons. The maximum Gasteiger partial charge on any atom is 0.211 e. The number of hydrogen-bond donors (Lipinski definition) is 2. The molecule has 142 valence electrons. The molecule has 25 heavy (non-hydrogen) atoms. The van der Waals surface area contributed by atoms with Crippen molar-refractivity contribution in [3.63, 3.8) is 0 Å². The third kappa shape index (κ3) is 7.03. The summed E-state index contributed by atoms with van der Waals surface area (Å²) in [6.07, 6.45) is 7.74. The molecular formula is C16H30N6O2S. The molecule has 1 aliphatic heterocycles. The van der Waals surface area contributed by atoms with Gasteiger partial charge in [-0.05, 0) is 38.2 Å². The second kappa shape index (κ2) is 9.76. The van der Waals surface area contributed by atoms with Gasteiger partial charge in [0.05, 0.1) is 6.26 Å². The van der Waals surface area contributed by atoms with E-state index in [9.17, 15) is 8.42 Å². The lowest BCUT2D eigenvalue weighted by Crippen LogP contribution is -2.40. The summed E-state index contributed by atoms with van der Waals surface area (Å²) in [5.41, 5.74) is 0. The third-order valence-electron chi connectivity index (χ3n) is 4.31. The zero-order valence-corrected chi connectivity index (χ0v) is 16.0. The maximum absolute atomic E-state index is 11.5. The third-order valence-corrected chi connectivity index (χ3v) is 5.61. The summed E-state index contributed by atoms with van der Waals surface area (Å²) in [4.78, 5) is 4.66. The van der Waals surface area contributed by atoms with Gasteiger partial charge in [-0.25, -0.2) is 12.7 Å². The van der Waals surface area contributed by atoms with Gasteiger partial charge >= 0.3 is 0 Å². The first-order valence-corrected chi connectivity index (χ1v) is 10.8. The second-order valence-electron chi connectivity index (χ2n) is 6.37. The van der Waals surface area contributed by atoms with Crippen molar-refractivity contribution < 1.29 is 8.42 Å². The zero-order chi connectivity index (χ0) is 18.1. The van der Waals surface area contributed by atoms with Crippen molar-refractivity contribution in [2.75, 3.05) is 39.0 Å². The normalized spacial score (nSPS) is 17.6. The van der Waals surface area contributed by atoms with E-state index in [1.54, 1.807) is 10.5 Å². The van der Waals surface area contributed by atoms with E-state index < -0.39 is 10.0 Å². The van der Waals surface area contributed by atoms with Crippen LogP contribution in [-0.4, -0.2) is 67.4 Å². The van der Waals surface area contributed by atoms with Gasteiger partial charge in [-0.15, -0.1) is 0 Å². The van der Waals surface area contributed by atoms with E-state index in [1.807, 2.05) is 23.9 Å². The van der Waals surface area contributed by atoms with Crippen LogP contribution in [0.2, 0.25) is 0 Å². The van der Waals surface area contributed by atoms with Crippen LogP contribution in [0.1, 0.15) is 26.2 Å². The molecule has 2 heterocycles. The number of aliphatic imine (C=N–C) groups is 1. The fourth-order valence-electron chi connectivity index (χ4n) is 2.87. The summed E-state index contributed by atoms with van der Waals surface area (Å²) in [7, 11) is -3.06. The average molecular weight is 371 g/mol. The Morgan fingerprint density at radius 3 is 2.68 bits per heavy atom. The maximum atomic E-state index is 11.5. The minimum absolute atomic E-state index is 0.442. The quantitative estimate of drug-likeness (QED) is 0.395. The summed E-state index contributed by atoms with van der Waals surface area (Å²) >= 11 is 0. The van der Waals surface area contributed by atoms with Crippen molar-refractivity contribution in [1.29, 1.82) is 0 Å². The summed E-state index contributed by atoms with van der Waals surface area (Å²) < 4.78 is 26.6. The minimum Gasteiger partial charge on any atom is -0.357 e. The summed E-state index contributed by atoms with van der Waals surface area (Å²) in [6, 6.07) is 1.92. The highest BCUT2D eigenvalue weighted by molar-refractivity contribution is 7.88. The van der Waals surface area contributed by atoms with Crippen LogP contribution in [0.4, 0.5) is 0 Å². The molecule has 0 atom stereocenters. The molecule has 9 heteroatoms. The largest absolute Gasteiger partial charge is 0.357 e. The van der Waals surface area contributed by atoms with Crippen LogP contribution in [0, 0.1) is 5.92 Å². The molecule has 0 unspecified atom stereocenters. The smallest absolute Gasteiger partial charge is 0.211 e. The lowest BCUT2D eigenvalue weighted by Gasteiger charge is -2.29. The Labute approximate surface area is 150 Å². The van der Waals surface area contributed by atoms with E-state index in [4.69, 9.17) is 0 Å². The standard InChI is InChI=1S/C16H30N6O2S/c1-3-17-16(18-8-4-10-21-11-5-9-20-21)19-14-15-6-12-22(13-7-15)25(2,23)24/h5,9,11,15H,3-4,6-8,10,12-14H2,1-2H3,(H2,17,18,19). The van der Waals surface area contributed by atoms with Crippen LogP contribution in [0.25, 0.3) is 0 Å². The van der Waals surface area contributed by atoms with Gasteiger partial charge in [0.25, 0.3) is 0 Å². The molecular weight excluding hydrogens is 340 g/mol. The molecule has 0 aromatic carbocycles. The lowest BCUT2D eigenvalue weighted by atomic mass is 9.98. The molecule has 0 saturated carbocycles. The van der Waals surface area contributed by atoms with Gasteiger partial charge < -0.3 is 10.6 Å². The number of nitrogens with one attached hydrogen (secondary N) is 2. The average Bonchev–Trinajstić information content (AvgIpc) is 3.09. The van der Waals surface area contributed by atoms with Crippen molar-refractivity contribution in [2.24, 2.45) is 10.9 Å². The molecule has 1 aromatic heterocycles. The Kier molecular flexibility index (Phi) is 7.70. The number of guanidine groups is 1. The van der Waals surface area contributed by atoms with E-state index >= 15 is 0 Å². The zero-order valence-electron chi connectivity index (χ0n) is 15.2. The van der Waals surface area contributed by atoms with Gasteiger partial charge in [0.2, 0.25) is 10.0 Å². The molecule has 1 aliphatic rings. The number of aryl methyl sites for hydroxylation is 1. The van der Waals surface area contributed by atoms with Crippen LogP contribution in [0.5, 0.6) is 0 Å². The molecule has 0 spiro atoms. The Bertz CT molecular complexity index is 621. The molecule has 8 nitrogen and oxygen atoms in total. The van der Waals surface area contributed by atoms with Crippen LogP contribution in [-0.2, 0) is 16.6 Å². The first-order chi connectivity index (χ1) is 12.0. The van der Waals surface area contributed by atoms with E-state index in [0.717, 1.165) is 51.4 Å². The summed E-state index contributed by atoms with van der Waals surface area (Å²) in [5.74, 6) is 1.27. The lowest BCUT2D eigenvalue weighted by molar-refractivity contribution is 0.280. The highest BCUT2D eigenvalue weighted by atomic mass is 32.2. The summed E-state index contributed by atoms with van der Waals surface area (Å²) in [5, 5.41) is 10.8. The predicted molar refractivity (Wildman–Crippen MR) is 100.0 cm³/mol. The summed E-state index contributed by atoms with van der Waals surface area (Å²) in [6.45, 7) is 6.51. The number of sulfonamides is 1. The Hall–Kier alpha value is -1.61. The fraction of sp³-hybridized carbons (Fsp3) is 0.750. The number of piperidine rings is 1. The number of rotatable bonds is 8. The Balaban J connectivity index is 1.71. The molecule has 0 aliphatic carbocycles. The van der Waals surface area contributed by atoms with Crippen molar-refractivity contribution in [3.05, 3.63) is 18.5 Å². The van der Waals surface area contributed by atoms with Crippen LogP contribution in [0.15, 0.2) is 23.5 Å². The van der Waals surface area contributed by atoms with Crippen LogP contribution >= 0.6 is 0 Å². The number of aromatic nitrogens is 2. The van der Waals surface area contributed by atoms with E-state index in [1.165, 1.54) is 6.26 Å². The van der Waals surface area contributed by atoms with Crippen molar-refractivity contribution in [2.45, 2.75) is 32.7 Å². The van der Waals surface area contributed by atoms with Crippen LogP contribution in [0.3, 0.4) is 0 Å². The minimum atomic E-state index is -3.06. The van der Waals surface area contributed by atoms with Gasteiger partial charge in [-0.2, -0.15) is 5.10 Å². The van der Waals surface area contributed by atoms with Gasteiger partial charge in [0.15, 0.2) is 5.96 Å². The van der Waals surface area contributed by atoms with E-state index in [2.05, 4.69) is 20.7 Å². The van der Waals surface area contributed by atoms with Gasteiger partial charge in [-0.1, -0.05) is 0 Å². The Morgan fingerprint density at radius 1 is 1.32 bits per heavy atom. The Morgan fingerprint density at radius 2 is 2.08 bits per heavy atom. The molecule has 0 amide bonds. The predicted octanol–water partition coefficient (Wildman–Crippen LogP) is 0.500. The SMILES string of the molecule is CCNC(=NCC1CCN(S(C)(=O)=O)CC1)NCCCn1cccn1. The molecule has 1 aromatic rings. The number of nitrogens with zero attached hydrogens (tertiary/aromatic N) is 4. The van der Waals surface area contributed by atoms with Crippen molar-refractivity contribution in [3.8, 4) is 0 Å². The highest BCUT2D eigenvalue weighted by Crippen LogP contribution is 2.19. The number of hydrogen-bond acceptors (Lipinski definition) is 4. The first kappa shape index (κ1) is 19.7. The van der Waals surface area contributed by atoms with Crippen molar-refractivity contribution in [1.82, 2.24) is 24.7 Å². The van der Waals surface area contributed by atoms with Gasteiger partial charge in [0, 0.05) is 51.7 Å². The highest BCUT2D eigenvalue weighted by Gasteiger charge is 2.24. The molecule has 1 saturated heterocycles. The molecule has 2 N–H and O–H groups in total. The monoisotopic (exact) mass is 370 g/mol. The van der Waals surface area contributed by atoms with E-state index in [-0.39, 0.29) is 0 Å².